The Morgan fingerprint density at radius 3 is 1.77 bits per heavy atom. The van der Waals surface area contributed by atoms with Crippen LogP contribution < -0.4 is 10.6 Å². The third kappa shape index (κ3) is 5.58. The number of aromatic carboxylic acids is 1. The van der Waals surface area contributed by atoms with E-state index in [1.165, 1.54) is 6.07 Å². The molecule has 0 aliphatic heterocycles. The van der Waals surface area contributed by atoms with Crippen molar-refractivity contribution in [3.8, 4) is 0 Å². The summed E-state index contributed by atoms with van der Waals surface area (Å²) in [5.74, 6) is -2.97. The summed E-state index contributed by atoms with van der Waals surface area (Å²) in [5.41, 5.74) is 2.67. The molecular formula is C24H21BrN2O4. The molecule has 0 heterocycles. The zero-order valence-electron chi connectivity index (χ0n) is 16.8. The zero-order chi connectivity index (χ0) is 22.4. The lowest BCUT2D eigenvalue weighted by molar-refractivity contribution is -0.129. The number of amides is 2. The van der Waals surface area contributed by atoms with E-state index in [0.717, 1.165) is 0 Å². The van der Waals surface area contributed by atoms with Gasteiger partial charge >= 0.3 is 5.97 Å². The molecule has 158 valence electrons. The van der Waals surface area contributed by atoms with E-state index in [2.05, 4.69) is 26.6 Å². The normalized spacial score (nSPS) is 10.5. The Hall–Kier alpha value is -3.45. The fourth-order valence-corrected chi connectivity index (χ4v) is 3.69. The lowest BCUT2D eigenvalue weighted by Gasteiger charge is -2.19. The second-order valence-corrected chi connectivity index (χ2v) is 7.78. The van der Waals surface area contributed by atoms with Gasteiger partial charge in [-0.15, -0.1) is 0 Å². The van der Waals surface area contributed by atoms with Gasteiger partial charge in [0.25, 0.3) is 0 Å². The molecule has 3 aromatic rings. The number of halogens is 1. The predicted octanol–water partition coefficient (Wildman–Crippen LogP) is 4.89. The van der Waals surface area contributed by atoms with E-state index in [1.54, 1.807) is 61.5 Å². The summed E-state index contributed by atoms with van der Waals surface area (Å²) in [6.07, 6.45) is 0.113. The van der Waals surface area contributed by atoms with Crippen LogP contribution in [0.3, 0.4) is 0 Å². The summed E-state index contributed by atoms with van der Waals surface area (Å²) in [7, 11) is 0. The molecule has 3 rings (SSSR count). The number of nitrogens with one attached hydrogen (secondary N) is 2. The van der Waals surface area contributed by atoms with Gasteiger partial charge in [0.2, 0.25) is 11.8 Å². The fraction of sp³-hybridized carbons (Fsp3) is 0.125. The van der Waals surface area contributed by atoms with Crippen LogP contribution in [0.4, 0.5) is 11.4 Å². The fourth-order valence-electron chi connectivity index (χ4n) is 3.14. The first-order valence-electron chi connectivity index (χ1n) is 9.60. The summed E-state index contributed by atoms with van der Waals surface area (Å²) in [5, 5.41) is 14.9. The first-order chi connectivity index (χ1) is 14.9. The Morgan fingerprint density at radius 1 is 0.839 bits per heavy atom. The van der Waals surface area contributed by atoms with Crippen molar-refractivity contribution in [3.05, 3.63) is 94.0 Å². The molecule has 2 amide bonds. The van der Waals surface area contributed by atoms with Gasteiger partial charge in [0, 0.05) is 15.8 Å². The minimum atomic E-state index is -1.05. The van der Waals surface area contributed by atoms with E-state index >= 15 is 0 Å². The molecule has 0 spiro atoms. The highest BCUT2D eigenvalue weighted by Gasteiger charge is 2.28. The van der Waals surface area contributed by atoms with Crippen LogP contribution >= 0.6 is 15.9 Å². The standard InChI is InChI=1S/C24H21BrN2O4/c1-15-16(12-13-19(21(15)25)24(30)31)14-20(22(28)26-17-8-4-2-5-9-17)23(29)27-18-10-6-3-7-11-18/h2-13,20H,14H2,1H3,(H,26,28)(H,27,29)(H,30,31). The number of carboxylic acids is 1. The number of benzene rings is 3. The van der Waals surface area contributed by atoms with Crippen molar-refractivity contribution in [2.45, 2.75) is 13.3 Å². The first kappa shape index (κ1) is 22.2. The lowest BCUT2D eigenvalue weighted by Crippen LogP contribution is -2.35. The number of hydrogen-bond donors (Lipinski definition) is 3. The van der Waals surface area contributed by atoms with Crippen molar-refractivity contribution in [2.75, 3.05) is 10.6 Å². The van der Waals surface area contributed by atoms with Crippen molar-refractivity contribution in [1.29, 1.82) is 0 Å². The second-order valence-electron chi connectivity index (χ2n) is 6.98. The summed E-state index contributed by atoms with van der Waals surface area (Å²) >= 11 is 3.32. The third-order valence-corrected chi connectivity index (χ3v) is 5.89. The van der Waals surface area contributed by atoms with Crippen LogP contribution in [-0.2, 0) is 16.0 Å². The minimum Gasteiger partial charge on any atom is -0.478 e. The molecule has 0 aromatic heterocycles. The Balaban J connectivity index is 1.90. The maximum Gasteiger partial charge on any atom is 0.336 e. The second kappa shape index (κ2) is 10.0. The summed E-state index contributed by atoms with van der Waals surface area (Å²) in [4.78, 5) is 37.5. The largest absolute Gasteiger partial charge is 0.478 e. The SMILES string of the molecule is Cc1c(CC(C(=O)Nc2ccccc2)C(=O)Nc2ccccc2)ccc(C(=O)O)c1Br. The van der Waals surface area contributed by atoms with E-state index in [1.807, 2.05) is 12.1 Å². The van der Waals surface area contributed by atoms with E-state index in [0.29, 0.717) is 27.0 Å². The summed E-state index contributed by atoms with van der Waals surface area (Å²) in [6, 6.07) is 20.9. The Bertz CT molecular complexity index is 1050. The van der Waals surface area contributed by atoms with Crippen LogP contribution in [0, 0.1) is 12.8 Å². The predicted molar refractivity (Wildman–Crippen MR) is 123 cm³/mol. The number of anilines is 2. The van der Waals surface area contributed by atoms with Gasteiger partial charge < -0.3 is 15.7 Å². The van der Waals surface area contributed by atoms with Crippen molar-refractivity contribution >= 4 is 45.1 Å². The summed E-state index contributed by atoms with van der Waals surface area (Å²) in [6.45, 7) is 1.76. The smallest absolute Gasteiger partial charge is 0.336 e. The third-order valence-electron chi connectivity index (χ3n) is 4.87. The highest BCUT2D eigenvalue weighted by molar-refractivity contribution is 9.10. The zero-order valence-corrected chi connectivity index (χ0v) is 18.3. The average molecular weight is 481 g/mol. The molecule has 0 unspecified atom stereocenters. The molecule has 0 saturated heterocycles. The van der Waals surface area contributed by atoms with Gasteiger partial charge in [-0.05, 0) is 70.7 Å². The van der Waals surface area contributed by atoms with Gasteiger partial charge in [-0.3, -0.25) is 9.59 Å². The maximum absolute atomic E-state index is 13.0. The monoisotopic (exact) mass is 480 g/mol. The Labute approximate surface area is 188 Å². The van der Waals surface area contributed by atoms with Gasteiger partial charge in [0.1, 0.15) is 5.92 Å². The van der Waals surface area contributed by atoms with Crippen molar-refractivity contribution in [1.82, 2.24) is 0 Å². The van der Waals surface area contributed by atoms with Crippen molar-refractivity contribution in [2.24, 2.45) is 5.92 Å². The molecule has 7 heteroatoms. The number of carbonyl (C=O) groups excluding carboxylic acids is 2. The molecule has 0 aliphatic rings. The topological polar surface area (TPSA) is 95.5 Å². The minimum absolute atomic E-state index is 0.113. The van der Waals surface area contributed by atoms with Crippen LogP contribution in [0.15, 0.2) is 77.3 Å². The molecule has 0 fully saturated rings. The average Bonchev–Trinajstić information content (AvgIpc) is 2.75. The molecule has 3 N–H and O–H groups in total. The van der Waals surface area contributed by atoms with E-state index in [-0.39, 0.29) is 12.0 Å². The van der Waals surface area contributed by atoms with Crippen LogP contribution in [0.5, 0.6) is 0 Å². The maximum atomic E-state index is 13.0. The van der Waals surface area contributed by atoms with E-state index in [9.17, 15) is 19.5 Å². The summed E-state index contributed by atoms with van der Waals surface area (Å²) < 4.78 is 0.434. The number of carbonyl (C=O) groups is 3. The van der Waals surface area contributed by atoms with Gasteiger partial charge in [-0.25, -0.2) is 4.79 Å². The molecule has 0 saturated carbocycles. The van der Waals surface area contributed by atoms with Crippen LogP contribution in [0.1, 0.15) is 21.5 Å². The van der Waals surface area contributed by atoms with Crippen molar-refractivity contribution in [3.63, 3.8) is 0 Å². The van der Waals surface area contributed by atoms with E-state index in [4.69, 9.17) is 0 Å². The van der Waals surface area contributed by atoms with Crippen LogP contribution in [-0.4, -0.2) is 22.9 Å². The van der Waals surface area contributed by atoms with Crippen LogP contribution in [0.2, 0.25) is 0 Å². The number of carboxylic acid groups (broad SMARTS) is 1. The molecule has 0 atom stereocenters. The van der Waals surface area contributed by atoms with E-state index < -0.39 is 23.7 Å². The molecule has 6 nitrogen and oxygen atoms in total. The van der Waals surface area contributed by atoms with Gasteiger partial charge in [0.05, 0.1) is 5.56 Å². The number of para-hydroxylation sites is 2. The van der Waals surface area contributed by atoms with Gasteiger partial charge in [-0.1, -0.05) is 42.5 Å². The number of hydrogen-bond acceptors (Lipinski definition) is 3. The molecular weight excluding hydrogens is 460 g/mol. The molecule has 0 bridgehead atoms. The van der Waals surface area contributed by atoms with Crippen LogP contribution in [0.25, 0.3) is 0 Å². The lowest BCUT2D eigenvalue weighted by atomic mass is 9.93. The molecule has 0 aliphatic carbocycles. The quantitative estimate of drug-likeness (QED) is 0.419. The highest BCUT2D eigenvalue weighted by atomic mass is 79.9. The van der Waals surface area contributed by atoms with Crippen molar-refractivity contribution < 1.29 is 19.5 Å². The van der Waals surface area contributed by atoms with Gasteiger partial charge in [0.15, 0.2) is 0 Å². The molecule has 0 radical (unpaired) electrons. The Morgan fingerprint density at radius 2 is 1.32 bits per heavy atom. The Kier molecular flexibility index (Phi) is 7.20. The molecule has 3 aromatic carbocycles. The molecule has 31 heavy (non-hydrogen) atoms. The first-order valence-corrected chi connectivity index (χ1v) is 10.4. The van der Waals surface area contributed by atoms with Gasteiger partial charge in [-0.2, -0.15) is 0 Å². The number of rotatable bonds is 7. The highest BCUT2D eigenvalue weighted by Crippen LogP contribution is 2.27.